The number of hydrogen-bond acceptors (Lipinski definition) is 3. The van der Waals surface area contributed by atoms with Gasteiger partial charge >= 0.3 is 0 Å². The van der Waals surface area contributed by atoms with E-state index in [1.165, 1.54) is 4.31 Å². The van der Waals surface area contributed by atoms with E-state index < -0.39 is 10.0 Å². The van der Waals surface area contributed by atoms with Gasteiger partial charge in [-0.2, -0.15) is 4.31 Å². The first-order valence-electron chi connectivity index (χ1n) is 6.39. The van der Waals surface area contributed by atoms with Crippen LogP contribution < -0.4 is 4.74 Å². The van der Waals surface area contributed by atoms with E-state index >= 15 is 0 Å². The lowest BCUT2D eigenvalue weighted by Crippen LogP contribution is -2.31. The third-order valence-corrected chi connectivity index (χ3v) is 5.26. The summed E-state index contributed by atoms with van der Waals surface area (Å²) in [6.07, 6.45) is 0.834. The molecular formula is C13H20BrNO3S. The zero-order valence-electron chi connectivity index (χ0n) is 11.5. The van der Waals surface area contributed by atoms with Crippen molar-refractivity contribution in [2.45, 2.75) is 32.1 Å². The van der Waals surface area contributed by atoms with Crippen LogP contribution in [0.15, 0.2) is 27.6 Å². The highest BCUT2D eigenvalue weighted by molar-refractivity contribution is 9.10. The molecule has 0 aliphatic heterocycles. The Kier molecular flexibility index (Phi) is 6.29. The molecule has 0 unspecified atom stereocenters. The molecule has 0 saturated heterocycles. The molecule has 4 nitrogen and oxygen atoms in total. The van der Waals surface area contributed by atoms with Crippen molar-refractivity contribution in [1.29, 1.82) is 0 Å². The number of hydrogen-bond donors (Lipinski definition) is 0. The van der Waals surface area contributed by atoms with E-state index in [0.29, 0.717) is 25.4 Å². The number of nitrogens with zero attached hydrogens (tertiary/aromatic N) is 1. The monoisotopic (exact) mass is 349 g/mol. The molecule has 0 N–H and O–H groups in total. The highest BCUT2D eigenvalue weighted by Crippen LogP contribution is 2.30. The summed E-state index contributed by atoms with van der Waals surface area (Å²) in [5.41, 5.74) is 0. The third kappa shape index (κ3) is 3.94. The van der Waals surface area contributed by atoms with Crippen molar-refractivity contribution in [2.75, 3.05) is 19.7 Å². The summed E-state index contributed by atoms with van der Waals surface area (Å²) < 4.78 is 32.8. The number of benzene rings is 1. The number of rotatable bonds is 7. The first kappa shape index (κ1) is 16.5. The van der Waals surface area contributed by atoms with Crippen molar-refractivity contribution in [3.63, 3.8) is 0 Å². The lowest BCUT2D eigenvalue weighted by atomic mass is 10.3. The zero-order valence-corrected chi connectivity index (χ0v) is 13.9. The maximum atomic E-state index is 12.6. The largest absolute Gasteiger partial charge is 0.492 e. The molecule has 0 radical (unpaired) electrons. The summed E-state index contributed by atoms with van der Waals surface area (Å²) in [4.78, 5) is 0.221. The fourth-order valence-electron chi connectivity index (χ4n) is 1.72. The molecule has 0 fully saturated rings. The van der Waals surface area contributed by atoms with Crippen LogP contribution in [0.2, 0.25) is 0 Å². The molecule has 1 aromatic rings. The van der Waals surface area contributed by atoms with Crippen molar-refractivity contribution < 1.29 is 13.2 Å². The van der Waals surface area contributed by atoms with Gasteiger partial charge in [0.1, 0.15) is 10.6 Å². The Hall–Kier alpha value is -0.590. The van der Waals surface area contributed by atoms with Crippen LogP contribution in [-0.4, -0.2) is 32.4 Å². The lowest BCUT2D eigenvalue weighted by Gasteiger charge is -2.20. The Morgan fingerprint density at radius 1 is 1.21 bits per heavy atom. The molecule has 19 heavy (non-hydrogen) atoms. The van der Waals surface area contributed by atoms with Crippen LogP contribution in [0.3, 0.4) is 0 Å². The topological polar surface area (TPSA) is 46.6 Å². The Labute approximate surface area is 123 Å². The first-order chi connectivity index (χ1) is 8.97. The van der Waals surface area contributed by atoms with Gasteiger partial charge in [-0.1, -0.05) is 36.7 Å². The van der Waals surface area contributed by atoms with Gasteiger partial charge in [0.05, 0.1) is 6.61 Å². The Morgan fingerprint density at radius 2 is 1.84 bits per heavy atom. The molecule has 0 aromatic heterocycles. The van der Waals surface area contributed by atoms with Crippen molar-refractivity contribution in [3.8, 4) is 5.75 Å². The standard InChI is InChI=1S/C13H20BrNO3S/c1-4-9-18-12-8-7-11(14)10-13(12)19(16,17)15(5-2)6-3/h7-8,10H,4-6,9H2,1-3H3. The van der Waals surface area contributed by atoms with Gasteiger partial charge in [0.2, 0.25) is 10.0 Å². The molecule has 0 spiro atoms. The van der Waals surface area contributed by atoms with Crippen LogP contribution in [0.1, 0.15) is 27.2 Å². The van der Waals surface area contributed by atoms with Crippen LogP contribution in [0.4, 0.5) is 0 Å². The van der Waals surface area contributed by atoms with Crippen LogP contribution in [0.5, 0.6) is 5.75 Å². The molecule has 6 heteroatoms. The molecule has 0 amide bonds. The van der Waals surface area contributed by atoms with E-state index in [-0.39, 0.29) is 4.90 Å². The second-order valence-electron chi connectivity index (χ2n) is 4.03. The molecular weight excluding hydrogens is 330 g/mol. The van der Waals surface area contributed by atoms with Gasteiger partial charge in [-0.15, -0.1) is 0 Å². The molecule has 0 atom stereocenters. The highest BCUT2D eigenvalue weighted by Gasteiger charge is 2.25. The van der Waals surface area contributed by atoms with Gasteiger partial charge in [-0.05, 0) is 24.6 Å². The number of halogens is 1. The molecule has 0 aliphatic rings. The normalized spacial score (nSPS) is 11.8. The van der Waals surface area contributed by atoms with Crippen LogP contribution in [-0.2, 0) is 10.0 Å². The van der Waals surface area contributed by atoms with Crippen LogP contribution in [0.25, 0.3) is 0 Å². The van der Waals surface area contributed by atoms with E-state index in [0.717, 1.165) is 10.9 Å². The summed E-state index contributed by atoms with van der Waals surface area (Å²) in [6, 6.07) is 5.07. The Bertz CT molecular complexity index is 513. The van der Waals surface area contributed by atoms with Gasteiger partial charge in [0.25, 0.3) is 0 Å². The smallest absolute Gasteiger partial charge is 0.246 e. The second kappa shape index (κ2) is 7.26. The van der Waals surface area contributed by atoms with Gasteiger partial charge in [0, 0.05) is 17.6 Å². The van der Waals surface area contributed by atoms with Gasteiger partial charge in [-0.3, -0.25) is 0 Å². The van der Waals surface area contributed by atoms with Crippen molar-refractivity contribution in [1.82, 2.24) is 4.31 Å². The molecule has 1 rings (SSSR count). The summed E-state index contributed by atoms with van der Waals surface area (Å²) >= 11 is 3.31. The molecule has 0 aliphatic carbocycles. The van der Waals surface area contributed by atoms with Crippen LogP contribution in [0, 0.1) is 0 Å². The van der Waals surface area contributed by atoms with E-state index in [2.05, 4.69) is 15.9 Å². The van der Waals surface area contributed by atoms with Crippen molar-refractivity contribution in [2.24, 2.45) is 0 Å². The zero-order chi connectivity index (χ0) is 14.5. The molecule has 1 aromatic carbocycles. The van der Waals surface area contributed by atoms with Crippen molar-refractivity contribution >= 4 is 26.0 Å². The van der Waals surface area contributed by atoms with Crippen molar-refractivity contribution in [3.05, 3.63) is 22.7 Å². The van der Waals surface area contributed by atoms with Gasteiger partial charge < -0.3 is 4.74 Å². The van der Waals surface area contributed by atoms with E-state index in [9.17, 15) is 8.42 Å². The fourth-order valence-corrected chi connectivity index (χ4v) is 3.85. The predicted octanol–water partition coefficient (Wildman–Crippen LogP) is 3.27. The van der Waals surface area contributed by atoms with Gasteiger partial charge in [0.15, 0.2) is 0 Å². The predicted molar refractivity (Wildman–Crippen MR) is 80.0 cm³/mol. The third-order valence-electron chi connectivity index (χ3n) is 2.69. The van der Waals surface area contributed by atoms with E-state index in [1.54, 1.807) is 18.2 Å². The van der Waals surface area contributed by atoms with Gasteiger partial charge in [-0.25, -0.2) is 8.42 Å². The SMILES string of the molecule is CCCOc1ccc(Br)cc1S(=O)(=O)N(CC)CC. The summed E-state index contributed by atoms with van der Waals surface area (Å²) in [5, 5.41) is 0. The maximum Gasteiger partial charge on any atom is 0.246 e. The maximum absolute atomic E-state index is 12.6. The molecule has 0 bridgehead atoms. The minimum atomic E-state index is -3.51. The number of ether oxygens (including phenoxy) is 1. The fraction of sp³-hybridized carbons (Fsp3) is 0.538. The first-order valence-corrected chi connectivity index (χ1v) is 8.63. The minimum Gasteiger partial charge on any atom is -0.492 e. The second-order valence-corrected chi connectivity index (χ2v) is 6.85. The quantitative estimate of drug-likeness (QED) is 0.758. The number of sulfonamides is 1. The average Bonchev–Trinajstić information content (AvgIpc) is 2.38. The minimum absolute atomic E-state index is 0.221. The Balaban J connectivity index is 3.26. The summed E-state index contributed by atoms with van der Waals surface area (Å²) in [6.45, 7) is 7.02. The highest BCUT2D eigenvalue weighted by atomic mass is 79.9. The summed E-state index contributed by atoms with van der Waals surface area (Å²) in [5.74, 6) is 0.414. The van der Waals surface area contributed by atoms with E-state index in [4.69, 9.17) is 4.74 Å². The lowest BCUT2D eigenvalue weighted by molar-refractivity contribution is 0.308. The average molecular weight is 350 g/mol. The Morgan fingerprint density at radius 3 is 2.37 bits per heavy atom. The molecule has 108 valence electrons. The van der Waals surface area contributed by atoms with Crippen LogP contribution >= 0.6 is 15.9 Å². The molecule has 0 heterocycles. The summed E-state index contributed by atoms with van der Waals surface area (Å²) in [7, 11) is -3.51. The van der Waals surface area contributed by atoms with E-state index in [1.807, 2.05) is 20.8 Å². The molecule has 0 saturated carbocycles.